The molecule has 1 amide bonds. The minimum absolute atomic E-state index is 0.0361. The van der Waals surface area contributed by atoms with E-state index in [1.807, 2.05) is 38.5 Å². The third-order valence-electron chi connectivity index (χ3n) is 6.24. The Morgan fingerprint density at radius 1 is 1.09 bits per heavy atom. The quantitative estimate of drug-likeness (QED) is 0.713. The van der Waals surface area contributed by atoms with Crippen molar-refractivity contribution in [1.29, 1.82) is 0 Å². The van der Waals surface area contributed by atoms with Gasteiger partial charge >= 0.3 is 0 Å². The molecule has 2 fully saturated rings. The normalized spacial score (nSPS) is 21.6. The molecular weight excluding hydrogens is 402 g/mol. The maximum absolute atomic E-state index is 13.1. The lowest BCUT2D eigenvalue weighted by molar-refractivity contribution is -0.125. The Labute approximate surface area is 190 Å². The number of nitrogens with one attached hydrogen (secondary N) is 1. The van der Waals surface area contributed by atoms with Gasteiger partial charge in [0.2, 0.25) is 11.9 Å². The summed E-state index contributed by atoms with van der Waals surface area (Å²) in [5.74, 6) is 1.95. The van der Waals surface area contributed by atoms with Crippen molar-refractivity contribution in [3.8, 4) is 0 Å². The Hall–Kier alpha value is -2.61. The smallest absolute Gasteiger partial charge is 0.225 e. The van der Waals surface area contributed by atoms with Crippen LogP contribution in [0.3, 0.4) is 0 Å². The van der Waals surface area contributed by atoms with E-state index in [1.54, 1.807) is 0 Å². The molecule has 0 saturated carbocycles. The molecule has 2 aliphatic heterocycles. The number of hydrogen-bond acceptors (Lipinski definition) is 7. The van der Waals surface area contributed by atoms with Crippen LogP contribution in [-0.4, -0.2) is 63.0 Å². The van der Waals surface area contributed by atoms with E-state index in [0.717, 1.165) is 49.2 Å². The topological polar surface area (TPSA) is 87.1 Å². The predicted octanol–water partition coefficient (Wildman–Crippen LogP) is 2.73. The number of nitrogens with zero attached hydrogens (tertiary/aromatic N) is 6. The van der Waals surface area contributed by atoms with E-state index in [0.29, 0.717) is 12.5 Å². The van der Waals surface area contributed by atoms with Crippen LogP contribution in [0.5, 0.6) is 0 Å². The minimum Gasteiger partial charge on any atom is -0.354 e. The van der Waals surface area contributed by atoms with E-state index in [2.05, 4.69) is 43.9 Å². The summed E-state index contributed by atoms with van der Waals surface area (Å²) in [5.41, 5.74) is 2.03. The van der Waals surface area contributed by atoms with E-state index in [1.165, 1.54) is 12.8 Å². The number of amides is 1. The number of anilines is 1. The van der Waals surface area contributed by atoms with Crippen LogP contribution in [0.2, 0.25) is 0 Å². The second kappa shape index (κ2) is 9.90. The summed E-state index contributed by atoms with van der Waals surface area (Å²) in [5, 5.41) is 3.11. The second-order valence-corrected chi connectivity index (χ2v) is 9.65. The van der Waals surface area contributed by atoms with E-state index in [4.69, 9.17) is 4.98 Å². The summed E-state index contributed by atoms with van der Waals surface area (Å²) in [6, 6.07) is 2.09. The average molecular weight is 438 g/mol. The highest BCUT2D eigenvalue weighted by atomic mass is 16.2. The van der Waals surface area contributed by atoms with Gasteiger partial charge in [0, 0.05) is 74.8 Å². The van der Waals surface area contributed by atoms with Gasteiger partial charge in [-0.2, -0.15) is 0 Å². The Balaban J connectivity index is 1.53. The van der Waals surface area contributed by atoms with Crippen LogP contribution in [-0.2, 0) is 11.3 Å². The first-order valence-corrected chi connectivity index (χ1v) is 11.8. The van der Waals surface area contributed by atoms with Gasteiger partial charge in [-0.15, -0.1) is 0 Å². The predicted molar refractivity (Wildman–Crippen MR) is 124 cm³/mol. The van der Waals surface area contributed by atoms with Crippen molar-refractivity contribution >= 4 is 11.9 Å². The van der Waals surface area contributed by atoms with Crippen LogP contribution >= 0.6 is 0 Å². The SMILES string of the molecule is CC(C)NC(=O)[C@H]1CN(Cc2cnc(C(C)C)nc2)C[C@@H]1c1ccnc(N2CCCC2)n1. The Morgan fingerprint density at radius 2 is 1.81 bits per heavy atom. The van der Waals surface area contributed by atoms with E-state index < -0.39 is 0 Å². The Bertz CT molecular complexity index is 909. The molecule has 2 atom stereocenters. The molecule has 0 radical (unpaired) electrons. The largest absolute Gasteiger partial charge is 0.354 e. The molecule has 4 heterocycles. The fourth-order valence-electron chi connectivity index (χ4n) is 4.61. The summed E-state index contributed by atoms with van der Waals surface area (Å²) >= 11 is 0. The summed E-state index contributed by atoms with van der Waals surface area (Å²) in [4.78, 5) is 36.1. The van der Waals surface area contributed by atoms with Crippen molar-refractivity contribution in [3.63, 3.8) is 0 Å². The number of rotatable bonds is 7. The first kappa shape index (κ1) is 22.6. The zero-order chi connectivity index (χ0) is 22.7. The standard InChI is InChI=1S/C24H35N7O/c1-16(2)22-26-11-18(12-27-22)13-30-14-19(20(15-30)23(32)28-17(3)4)21-7-8-25-24(29-21)31-9-5-6-10-31/h7-8,11-12,16-17,19-20H,5-6,9-10,13-15H2,1-4H3,(H,28,32)/t19-,20-/m0/s1. The average Bonchev–Trinajstić information content (AvgIpc) is 3.44. The molecular formula is C24H35N7O. The highest BCUT2D eigenvalue weighted by Crippen LogP contribution is 2.33. The molecule has 4 rings (SSSR count). The summed E-state index contributed by atoms with van der Waals surface area (Å²) in [6.45, 7) is 12.4. The molecule has 0 aliphatic carbocycles. The Morgan fingerprint density at radius 3 is 2.47 bits per heavy atom. The van der Waals surface area contributed by atoms with E-state index in [9.17, 15) is 4.79 Å². The van der Waals surface area contributed by atoms with Gasteiger partial charge in [-0.1, -0.05) is 13.8 Å². The lowest BCUT2D eigenvalue weighted by Crippen LogP contribution is -2.38. The van der Waals surface area contributed by atoms with Gasteiger partial charge in [-0.05, 0) is 32.8 Å². The van der Waals surface area contributed by atoms with Crippen molar-refractivity contribution in [3.05, 3.63) is 41.7 Å². The van der Waals surface area contributed by atoms with Crippen LogP contribution in [0, 0.1) is 5.92 Å². The molecule has 2 aromatic heterocycles. The first-order chi connectivity index (χ1) is 15.4. The van der Waals surface area contributed by atoms with Gasteiger partial charge in [0.15, 0.2) is 0 Å². The van der Waals surface area contributed by atoms with Crippen LogP contribution in [0.1, 0.15) is 69.5 Å². The number of hydrogen-bond donors (Lipinski definition) is 1. The van der Waals surface area contributed by atoms with E-state index >= 15 is 0 Å². The minimum atomic E-state index is -0.144. The zero-order valence-corrected chi connectivity index (χ0v) is 19.7. The third kappa shape index (κ3) is 5.23. The molecule has 0 bridgehead atoms. The summed E-state index contributed by atoms with van der Waals surface area (Å²) in [7, 11) is 0. The molecule has 0 aromatic carbocycles. The fourth-order valence-corrected chi connectivity index (χ4v) is 4.61. The molecule has 8 nitrogen and oxygen atoms in total. The maximum atomic E-state index is 13.1. The van der Waals surface area contributed by atoms with Gasteiger partial charge in [-0.3, -0.25) is 9.69 Å². The highest BCUT2D eigenvalue weighted by Gasteiger charge is 2.39. The number of aromatic nitrogens is 4. The van der Waals surface area contributed by atoms with Crippen LogP contribution < -0.4 is 10.2 Å². The van der Waals surface area contributed by atoms with Crippen molar-refractivity contribution in [2.75, 3.05) is 31.1 Å². The lowest BCUT2D eigenvalue weighted by atomic mass is 9.91. The highest BCUT2D eigenvalue weighted by molar-refractivity contribution is 5.80. The Kier molecular flexibility index (Phi) is 6.98. The monoisotopic (exact) mass is 437 g/mol. The van der Waals surface area contributed by atoms with Crippen LogP contribution in [0.25, 0.3) is 0 Å². The summed E-state index contributed by atoms with van der Waals surface area (Å²) < 4.78 is 0. The molecule has 8 heteroatoms. The molecule has 2 aromatic rings. The number of carbonyl (C=O) groups excluding carboxylic acids is 1. The molecule has 172 valence electrons. The molecule has 0 spiro atoms. The molecule has 0 unspecified atom stereocenters. The lowest BCUT2D eigenvalue weighted by Gasteiger charge is -2.21. The van der Waals surface area contributed by atoms with E-state index in [-0.39, 0.29) is 23.8 Å². The van der Waals surface area contributed by atoms with Crippen molar-refractivity contribution in [2.45, 2.75) is 65.0 Å². The van der Waals surface area contributed by atoms with Crippen molar-refractivity contribution in [2.24, 2.45) is 5.92 Å². The van der Waals surface area contributed by atoms with Gasteiger partial charge in [0.05, 0.1) is 11.6 Å². The number of carbonyl (C=O) groups is 1. The fraction of sp³-hybridized carbons (Fsp3) is 0.625. The molecule has 1 N–H and O–H groups in total. The number of likely N-dealkylation sites (tertiary alicyclic amines) is 1. The van der Waals surface area contributed by atoms with Gasteiger partial charge in [0.1, 0.15) is 5.82 Å². The molecule has 2 aliphatic rings. The van der Waals surface area contributed by atoms with Crippen LogP contribution in [0.4, 0.5) is 5.95 Å². The first-order valence-electron chi connectivity index (χ1n) is 11.8. The van der Waals surface area contributed by atoms with Crippen molar-refractivity contribution in [1.82, 2.24) is 30.2 Å². The summed E-state index contributed by atoms with van der Waals surface area (Å²) in [6.07, 6.45) is 8.03. The van der Waals surface area contributed by atoms with Crippen molar-refractivity contribution < 1.29 is 4.79 Å². The molecule has 32 heavy (non-hydrogen) atoms. The van der Waals surface area contributed by atoms with Gasteiger partial charge in [-0.25, -0.2) is 19.9 Å². The zero-order valence-electron chi connectivity index (χ0n) is 19.7. The maximum Gasteiger partial charge on any atom is 0.225 e. The van der Waals surface area contributed by atoms with Gasteiger partial charge in [0.25, 0.3) is 0 Å². The van der Waals surface area contributed by atoms with Gasteiger partial charge < -0.3 is 10.2 Å². The third-order valence-corrected chi connectivity index (χ3v) is 6.24. The molecule has 2 saturated heterocycles. The van der Waals surface area contributed by atoms with Crippen LogP contribution in [0.15, 0.2) is 24.7 Å². The second-order valence-electron chi connectivity index (χ2n) is 9.65.